The first-order chi connectivity index (χ1) is 21.9. The molecule has 0 unspecified atom stereocenters. The highest BCUT2D eigenvalue weighted by Crippen LogP contribution is 2.34. The quantitative estimate of drug-likeness (QED) is 0.0983. The molecule has 1 saturated heterocycles. The second-order valence-electron chi connectivity index (χ2n) is 10.3. The van der Waals surface area contributed by atoms with Crippen LogP contribution in [0.3, 0.4) is 0 Å². The maximum atomic E-state index is 12.8. The summed E-state index contributed by atoms with van der Waals surface area (Å²) in [5.74, 6) is -1.06. The fourth-order valence-corrected chi connectivity index (χ4v) is 4.95. The summed E-state index contributed by atoms with van der Waals surface area (Å²) >= 11 is 0. The van der Waals surface area contributed by atoms with Gasteiger partial charge in [-0.25, -0.2) is 4.79 Å². The lowest BCUT2D eigenvalue weighted by atomic mass is 10.0. The smallest absolute Gasteiger partial charge is 0.379 e. The van der Waals surface area contributed by atoms with Crippen molar-refractivity contribution in [3.63, 3.8) is 0 Å². The summed E-state index contributed by atoms with van der Waals surface area (Å²) in [5.41, 5.74) is 2.90. The number of amides is 1. The van der Waals surface area contributed by atoms with Crippen molar-refractivity contribution in [2.75, 3.05) is 18.1 Å². The van der Waals surface area contributed by atoms with Crippen molar-refractivity contribution in [2.45, 2.75) is 6.42 Å². The lowest BCUT2D eigenvalue weighted by Crippen LogP contribution is -2.27. The third kappa shape index (κ3) is 6.83. The fourth-order valence-electron chi connectivity index (χ4n) is 4.95. The standard InChI is InChI=1S/C36H27NO8/c38-31(25-12-16-29(17-13-25)45-36(41)33-11-6-20-42-33)23-43-35(40)26-21-34(39)37(22-26)27-14-18-28(19-15-27)44-32-10-5-4-9-30(32)24-7-2-1-3-8-24/h1-20,26H,21-23H2/t26-/m1/s1. The Morgan fingerprint density at radius 2 is 1.49 bits per heavy atom. The van der Waals surface area contributed by atoms with Crippen molar-refractivity contribution in [3.8, 4) is 28.4 Å². The Bertz CT molecular complexity index is 1810. The summed E-state index contributed by atoms with van der Waals surface area (Å²) < 4.78 is 21.6. The summed E-state index contributed by atoms with van der Waals surface area (Å²) in [6.45, 7) is -0.343. The van der Waals surface area contributed by atoms with Crippen molar-refractivity contribution in [1.29, 1.82) is 0 Å². The molecule has 224 valence electrons. The van der Waals surface area contributed by atoms with E-state index in [1.807, 2.05) is 54.6 Å². The van der Waals surface area contributed by atoms with E-state index < -0.39 is 30.2 Å². The zero-order chi connectivity index (χ0) is 31.2. The molecule has 1 aliphatic heterocycles. The lowest BCUT2D eigenvalue weighted by Gasteiger charge is -2.17. The van der Waals surface area contributed by atoms with E-state index in [1.54, 1.807) is 30.3 Å². The van der Waals surface area contributed by atoms with Gasteiger partial charge in [0, 0.05) is 29.8 Å². The Morgan fingerprint density at radius 1 is 0.778 bits per heavy atom. The van der Waals surface area contributed by atoms with Gasteiger partial charge in [-0.2, -0.15) is 0 Å². The van der Waals surface area contributed by atoms with Crippen molar-refractivity contribution < 1.29 is 37.8 Å². The van der Waals surface area contributed by atoms with Gasteiger partial charge in [0.2, 0.25) is 11.7 Å². The summed E-state index contributed by atoms with van der Waals surface area (Å²) in [6.07, 6.45) is 1.34. The predicted octanol–water partition coefficient (Wildman–Crippen LogP) is 6.74. The van der Waals surface area contributed by atoms with E-state index in [9.17, 15) is 19.2 Å². The number of hydrogen-bond acceptors (Lipinski definition) is 8. The number of anilines is 1. The molecular formula is C36H27NO8. The number of carbonyl (C=O) groups is 4. The van der Waals surface area contributed by atoms with Crippen LogP contribution in [0.25, 0.3) is 11.1 Å². The van der Waals surface area contributed by atoms with E-state index in [4.69, 9.17) is 18.6 Å². The molecule has 0 spiro atoms. The van der Waals surface area contributed by atoms with Crippen molar-refractivity contribution in [3.05, 3.63) is 133 Å². The van der Waals surface area contributed by atoms with Crippen LogP contribution in [0.1, 0.15) is 27.3 Å². The van der Waals surface area contributed by atoms with Gasteiger partial charge in [0.1, 0.15) is 17.2 Å². The highest BCUT2D eigenvalue weighted by atomic mass is 16.5. The molecule has 9 heteroatoms. The van der Waals surface area contributed by atoms with E-state index in [2.05, 4.69) is 0 Å². The number of Topliss-reactive ketones (excluding diaryl/α,β-unsaturated/α-hetero) is 1. The van der Waals surface area contributed by atoms with E-state index in [0.717, 1.165) is 11.1 Å². The van der Waals surface area contributed by atoms with Crippen LogP contribution in [-0.2, 0) is 14.3 Å². The number of para-hydroxylation sites is 1. The summed E-state index contributed by atoms with van der Waals surface area (Å²) in [7, 11) is 0. The molecule has 1 amide bonds. The third-order valence-electron chi connectivity index (χ3n) is 7.26. The summed E-state index contributed by atoms with van der Waals surface area (Å²) in [6, 6.07) is 33.7. The molecule has 45 heavy (non-hydrogen) atoms. The van der Waals surface area contributed by atoms with Crippen molar-refractivity contribution in [1.82, 2.24) is 0 Å². The Kier molecular flexibility index (Phi) is 8.50. The first kappa shape index (κ1) is 29.1. The topological polar surface area (TPSA) is 112 Å². The van der Waals surface area contributed by atoms with Gasteiger partial charge in [0.15, 0.2) is 12.4 Å². The second-order valence-corrected chi connectivity index (χ2v) is 10.3. The highest BCUT2D eigenvalue weighted by Gasteiger charge is 2.36. The van der Waals surface area contributed by atoms with Crippen molar-refractivity contribution >= 4 is 29.3 Å². The number of benzene rings is 4. The minimum atomic E-state index is -0.706. The maximum Gasteiger partial charge on any atom is 0.379 e. The number of esters is 2. The van der Waals surface area contributed by atoms with Gasteiger partial charge in [-0.05, 0) is 72.3 Å². The first-order valence-electron chi connectivity index (χ1n) is 14.2. The van der Waals surface area contributed by atoms with Gasteiger partial charge in [0.25, 0.3) is 0 Å². The number of ether oxygens (including phenoxy) is 3. The molecule has 0 bridgehead atoms. The largest absolute Gasteiger partial charge is 0.457 e. The molecule has 0 aliphatic carbocycles. The van der Waals surface area contributed by atoms with Crippen LogP contribution >= 0.6 is 0 Å². The Morgan fingerprint density at radius 3 is 2.22 bits per heavy atom. The number of carbonyl (C=O) groups excluding carboxylic acids is 4. The summed E-state index contributed by atoms with van der Waals surface area (Å²) in [5, 5.41) is 0. The molecule has 1 fully saturated rings. The van der Waals surface area contributed by atoms with Crippen LogP contribution in [0.2, 0.25) is 0 Å². The van der Waals surface area contributed by atoms with Crippen LogP contribution in [0, 0.1) is 5.92 Å². The molecular weight excluding hydrogens is 574 g/mol. The predicted molar refractivity (Wildman–Crippen MR) is 164 cm³/mol. The minimum absolute atomic E-state index is 0.0224. The zero-order valence-corrected chi connectivity index (χ0v) is 24.0. The molecule has 1 aromatic heterocycles. The molecule has 0 N–H and O–H groups in total. The Balaban J connectivity index is 1.01. The van der Waals surface area contributed by atoms with E-state index in [1.165, 1.54) is 41.5 Å². The van der Waals surface area contributed by atoms with Crippen LogP contribution in [-0.4, -0.2) is 36.8 Å². The van der Waals surface area contributed by atoms with Gasteiger partial charge in [-0.3, -0.25) is 14.4 Å². The number of nitrogens with zero attached hydrogens (tertiary/aromatic N) is 1. The monoisotopic (exact) mass is 601 g/mol. The molecule has 0 radical (unpaired) electrons. The van der Waals surface area contributed by atoms with E-state index in [0.29, 0.717) is 17.2 Å². The maximum absolute atomic E-state index is 12.8. The minimum Gasteiger partial charge on any atom is -0.457 e. The molecule has 5 aromatic rings. The second kappa shape index (κ2) is 13.1. The van der Waals surface area contributed by atoms with Gasteiger partial charge in [-0.1, -0.05) is 48.5 Å². The van der Waals surface area contributed by atoms with Crippen molar-refractivity contribution in [2.24, 2.45) is 5.92 Å². The number of hydrogen-bond donors (Lipinski definition) is 0. The third-order valence-corrected chi connectivity index (χ3v) is 7.26. The normalized spacial score (nSPS) is 14.2. The average Bonchev–Trinajstić information content (AvgIpc) is 3.76. The highest BCUT2D eigenvalue weighted by molar-refractivity contribution is 6.01. The molecule has 6 rings (SSSR count). The summed E-state index contributed by atoms with van der Waals surface area (Å²) in [4.78, 5) is 51.7. The van der Waals surface area contributed by atoms with Crippen LogP contribution < -0.4 is 14.4 Å². The average molecular weight is 602 g/mol. The zero-order valence-electron chi connectivity index (χ0n) is 24.0. The Hall–Kier alpha value is -5.96. The number of rotatable bonds is 10. The molecule has 1 atom stereocenters. The van der Waals surface area contributed by atoms with Gasteiger partial charge < -0.3 is 23.5 Å². The van der Waals surface area contributed by atoms with E-state index in [-0.39, 0.29) is 35.9 Å². The molecule has 0 saturated carbocycles. The van der Waals surface area contributed by atoms with Crippen LogP contribution in [0.15, 0.2) is 126 Å². The number of ketones is 1. The fraction of sp³-hybridized carbons (Fsp3) is 0.111. The van der Waals surface area contributed by atoms with Gasteiger partial charge >= 0.3 is 11.9 Å². The number of furan rings is 1. The SMILES string of the molecule is O=C(COC(=O)[C@@H]1CC(=O)N(c2ccc(Oc3ccccc3-c3ccccc3)cc2)C1)c1ccc(OC(=O)c2ccco2)cc1. The van der Waals surface area contributed by atoms with Gasteiger partial charge in [0.05, 0.1) is 12.2 Å². The van der Waals surface area contributed by atoms with Gasteiger partial charge in [-0.15, -0.1) is 0 Å². The molecule has 9 nitrogen and oxygen atoms in total. The molecule has 2 heterocycles. The molecule has 4 aromatic carbocycles. The van der Waals surface area contributed by atoms with Crippen LogP contribution in [0.4, 0.5) is 5.69 Å². The van der Waals surface area contributed by atoms with Crippen LogP contribution in [0.5, 0.6) is 17.2 Å². The molecule has 1 aliphatic rings. The van der Waals surface area contributed by atoms with E-state index >= 15 is 0 Å². The Labute approximate surface area is 258 Å². The first-order valence-corrected chi connectivity index (χ1v) is 14.2. The lowest BCUT2D eigenvalue weighted by molar-refractivity contribution is -0.147.